The molecule has 0 N–H and O–H groups in total. The minimum atomic E-state index is -0.620. The lowest BCUT2D eigenvalue weighted by Crippen LogP contribution is -2.61. The zero-order valence-corrected chi connectivity index (χ0v) is 62.1. The van der Waals surface area contributed by atoms with Gasteiger partial charge in [0.2, 0.25) is 0 Å². The van der Waals surface area contributed by atoms with Gasteiger partial charge in [0.15, 0.2) is 0 Å². The molecule has 111 heavy (non-hydrogen) atoms. The monoisotopic (exact) mass is 1410 g/mol. The van der Waals surface area contributed by atoms with Gasteiger partial charge in [-0.2, -0.15) is 0 Å². The lowest BCUT2D eigenvalue weighted by Gasteiger charge is -2.46. The van der Waals surface area contributed by atoms with E-state index in [-0.39, 0.29) is 12.1 Å². The van der Waals surface area contributed by atoms with Crippen molar-refractivity contribution in [3.8, 4) is 94.7 Å². The van der Waals surface area contributed by atoms with E-state index in [1.165, 1.54) is 71.7 Å². The maximum atomic E-state index is 2.74. The van der Waals surface area contributed by atoms with E-state index in [0.29, 0.717) is 0 Å². The van der Waals surface area contributed by atoms with Crippen molar-refractivity contribution in [3.05, 3.63) is 434 Å². The summed E-state index contributed by atoms with van der Waals surface area (Å²) in [5.74, 6) is 0. The predicted molar refractivity (Wildman–Crippen MR) is 469 cm³/mol. The number of nitrogens with zero attached hydrogens (tertiary/aromatic N) is 3. The van der Waals surface area contributed by atoms with E-state index >= 15 is 0 Å². The third-order valence-corrected chi connectivity index (χ3v) is 23.8. The predicted octanol–water partition coefficient (Wildman–Crippen LogP) is 26.2. The topological polar surface area (TPSA) is 11.4 Å². The largest absolute Gasteiger partial charge is 0.310 e. The molecular formula is C107H76BN3. The first-order valence-electron chi connectivity index (χ1n) is 38.8. The van der Waals surface area contributed by atoms with E-state index in [1.807, 2.05) is 0 Å². The average molecular weight is 1410 g/mol. The van der Waals surface area contributed by atoms with Crippen LogP contribution in [0.4, 0.5) is 34.1 Å². The van der Waals surface area contributed by atoms with Gasteiger partial charge in [0.1, 0.15) is 0 Å². The van der Waals surface area contributed by atoms with Crippen molar-refractivity contribution in [2.75, 3.05) is 9.80 Å². The van der Waals surface area contributed by atoms with Crippen molar-refractivity contribution < 1.29 is 0 Å². The van der Waals surface area contributed by atoms with Crippen LogP contribution in [0.25, 0.3) is 117 Å². The van der Waals surface area contributed by atoms with Crippen molar-refractivity contribution in [1.29, 1.82) is 0 Å². The number of aromatic nitrogens is 1. The lowest BCUT2D eigenvalue weighted by atomic mass is 9.33. The maximum Gasteiger partial charge on any atom is 0.252 e. The Morgan fingerprint density at radius 3 is 1.14 bits per heavy atom. The molecule has 0 atom stereocenters. The maximum absolute atomic E-state index is 2.74. The fraction of sp³-hybridized carbons (Fsp3) is 0.0467. The lowest BCUT2D eigenvalue weighted by molar-refractivity contribution is 0.590. The summed E-state index contributed by atoms with van der Waals surface area (Å²) in [6, 6.07) is 153. The second-order valence-corrected chi connectivity index (χ2v) is 31.0. The number of benzene rings is 17. The molecule has 522 valence electrons. The summed E-state index contributed by atoms with van der Waals surface area (Å²) in [7, 11) is 0. The molecule has 0 saturated carbocycles. The summed E-state index contributed by atoms with van der Waals surface area (Å²) in [4.78, 5) is 5.43. The minimum Gasteiger partial charge on any atom is -0.310 e. The minimum absolute atomic E-state index is 0.274. The molecule has 3 aliphatic rings. The smallest absolute Gasteiger partial charge is 0.252 e. The molecule has 0 spiro atoms. The average Bonchev–Trinajstić information content (AvgIpc) is 1.65. The zero-order valence-electron chi connectivity index (χ0n) is 62.1. The first-order valence-corrected chi connectivity index (χ1v) is 38.8. The van der Waals surface area contributed by atoms with Gasteiger partial charge in [0.05, 0.1) is 27.8 Å². The Bertz CT molecular complexity index is 6470. The Kier molecular flexibility index (Phi) is 15.5. The molecule has 18 aromatic rings. The third kappa shape index (κ3) is 10.6. The van der Waals surface area contributed by atoms with Crippen LogP contribution in [0.2, 0.25) is 0 Å². The van der Waals surface area contributed by atoms with Gasteiger partial charge in [0.25, 0.3) is 6.71 Å². The van der Waals surface area contributed by atoms with Gasteiger partial charge in [-0.1, -0.05) is 354 Å². The highest BCUT2D eigenvalue weighted by atomic mass is 15.2. The molecule has 0 unspecified atom stereocenters. The molecule has 3 nitrogen and oxygen atoms in total. The van der Waals surface area contributed by atoms with Crippen LogP contribution < -0.4 is 26.2 Å². The molecule has 0 fully saturated rings. The molecule has 1 aliphatic carbocycles. The van der Waals surface area contributed by atoms with Gasteiger partial charge in [-0.15, -0.1) is 0 Å². The number of fused-ring (bicyclic) bond motifs is 10. The van der Waals surface area contributed by atoms with E-state index in [9.17, 15) is 0 Å². The molecule has 4 heteroatoms. The number of hydrogen-bond donors (Lipinski definition) is 0. The van der Waals surface area contributed by atoms with E-state index in [2.05, 4.69) is 442 Å². The summed E-state index contributed by atoms with van der Waals surface area (Å²) < 4.78 is 2.59. The number of hydrogen-bond acceptors (Lipinski definition) is 2. The Labute approximate surface area is 649 Å². The van der Waals surface area contributed by atoms with E-state index < -0.39 is 5.41 Å². The second-order valence-electron chi connectivity index (χ2n) is 31.0. The Balaban J connectivity index is 0.922. The van der Waals surface area contributed by atoms with Crippen LogP contribution in [0.15, 0.2) is 406 Å². The summed E-state index contributed by atoms with van der Waals surface area (Å²) in [5, 5.41) is 2.41. The van der Waals surface area contributed by atoms with Gasteiger partial charge < -0.3 is 14.4 Å². The molecule has 0 saturated heterocycles. The highest BCUT2D eigenvalue weighted by Crippen LogP contribution is 2.60. The third-order valence-electron chi connectivity index (χ3n) is 23.8. The summed E-state index contributed by atoms with van der Waals surface area (Å²) in [6.07, 6.45) is 0. The standard InChI is InChI=1S/C107H76BN3/c1-106(2,3)83-66-101-103-102(67-83)111(105-89(76-45-23-9-24-46-76)63-80(73-39-17-6-18-40-73)64-90(105)77-47-25-10-26-48-77)100-68-84(109-97-56-34-32-54-86(97)92-69-91-85-53-31-33-55-93(85)107(94(91)70-99(92)109,81-49-27-11-28-50-81)82-51-29-12-30-52-82)58-59-95(100)108(103)96-65-78(71-35-13-4-14-36-71)57-60-98(96)110(101)104-87(74-41-19-7-20-42-74)61-79(72-37-15-5-16-38-72)62-88(104)75-43-21-8-22-44-75/h4-70H,1-3H3. The van der Waals surface area contributed by atoms with Crippen LogP contribution in [-0.2, 0) is 10.8 Å². The highest BCUT2D eigenvalue weighted by molar-refractivity contribution is 7.00. The molecule has 2 aliphatic heterocycles. The fourth-order valence-corrected chi connectivity index (χ4v) is 18.7. The van der Waals surface area contributed by atoms with Crippen LogP contribution >= 0.6 is 0 Å². The van der Waals surface area contributed by atoms with Gasteiger partial charge >= 0.3 is 0 Å². The fourth-order valence-electron chi connectivity index (χ4n) is 18.7. The number of rotatable bonds is 12. The van der Waals surface area contributed by atoms with Crippen molar-refractivity contribution in [1.82, 2.24) is 4.57 Å². The molecule has 0 radical (unpaired) electrons. The highest BCUT2D eigenvalue weighted by Gasteiger charge is 2.49. The molecule has 17 aromatic carbocycles. The Hall–Kier alpha value is -13.8. The molecular weight excluding hydrogens is 1340 g/mol. The molecule has 0 amide bonds. The van der Waals surface area contributed by atoms with Crippen LogP contribution in [0.1, 0.15) is 48.6 Å². The molecule has 3 heterocycles. The summed E-state index contributed by atoms with van der Waals surface area (Å²) in [5.41, 5.74) is 37.5. The molecule has 1 aromatic heterocycles. The van der Waals surface area contributed by atoms with Gasteiger partial charge in [-0.25, -0.2) is 0 Å². The number of anilines is 6. The van der Waals surface area contributed by atoms with Crippen molar-refractivity contribution in [2.24, 2.45) is 0 Å². The number of para-hydroxylation sites is 1. The van der Waals surface area contributed by atoms with Crippen LogP contribution in [0, 0.1) is 0 Å². The van der Waals surface area contributed by atoms with Crippen LogP contribution in [0.5, 0.6) is 0 Å². The Morgan fingerprint density at radius 2 is 0.667 bits per heavy atom. The zero-order chi connectivity index (χ0) is 73.9. The van der Waals surface area contributed by atoms with E-state index in [0.717, 1.165) is 123 Å². The summed E-state index contributed by atoms with van der Waals surface area (Å²) >= 11 is 0. The second kappa shape index (κ2) is 26.3. The van der Waals surface area contributed by atoms with Gasteiger partial charge in [0, 0.05) is 61.5 Å². The van der Waals surface area contributed by atoms with Crippen molar-refractivity contribution >= 4 is 79.0 Å². The quantitative estimate of drug-likeness (QED) is 0.113. The van der Waals surface area contributed by atoms with E-state index in [1.54, 1.807) is 0 Å². The van der Waals surface area contributed by atoms with E-state index in [4.69, 9.17) is 0 Å². The van der Waals surface area contributed by atoms with Gasteiger partial charge in [-0.05, 0) is 189 Å². The SMILES string of the molecule is CC(C)(C)c1cc2c3c(c1)N(c1c(-c4ccccc4)cc(-c4ccccc4)cc1-c1ccccc1)c1cc(-n4c5ccccc5c5cc6c(cc54)C(c4ccccc4)(c4ccccc4)c4ccccc4-6)ccc1B3c1cc(-c3ccccc3)ccc1N2c1c(-c2ccccc2)cc(-c2ccccc2)cc1-c1ccccc1. The molecule has 21 rings (SSSR count). The van der Waals surface area contributed by atoms with Gasteiger partial charge in [-0.3, -0.25) is 0 Å². The first kappa shape index (κ1) is 65.5. The van der Waals surface area contributed by atoms with Crippen molar-refractivity contribution in [2.45, 2.75) is 31.6 Å². The Morgan fingerprint density at radius 1 is 0.252 bits per heavy atom. The normalized spacial score (nSPS) is 13.0. The van der Waals surface area contributed by atoms with Crippen LogP contribution in [0.3, 0.4) is 0 Å². The first-order chi connectivity index (χ1) is 54.7. The van der Waals surface area contributed by atoms with Crippen molar-refractivity contribution in [3.63, 3.8) is 0 Å². The van der Waals surface area contributed by atoms with Crippen LogP contribution in [-0.4, -0.2) is 11.3 Å². The summed E-state index contributed by atoms with van der Waals surface area (Å²) in [6.45, 7) is 6.91. The molecule has 0 bridgehead atoms.